The van der Waals surface area contributed by atoms with Crippen LogP contribution in [0.25, 0.3) is 22.9 Å². The van der Waals surface area contributed by atoms with Gasteiger partial charge in [-0.1, -0.05) is 66.8 Å². The Morgan fingerprint density at radius 3 is 2.48 bits per heavy atom. The van der Waals surface area contributed by atoms with Crippen LogP contribution < -0.4 is 5.32 Å². The maximum atomic E-state index is 3.93. The fraction of sp³-hybridized carbons (Fsp3) is 0.100. The predicted molar refractivity (Wildman–Crippen MR) is 91.7 cm³/mol. The summed E-state index contributed by atoms with van der Waals surface area (Å²) in [5.41, 5.74) is 7.32. The van der Waals surface area contributed by atoms with Crippen molar-refractivity contribution >= 4 is 11.8 Å². The topological polar surface area (TPSA) is 12.0 Å². The van der Waals surface area contributed by atoms with Crippen molar-refractivity contribution < 1.29 is 0 Å². The third-order valence-corrected chi connectivity index (χ3v) is 3.76. The molecule has 104 valence electrons. The number of allylic oxidation sites excluding steroid dienone is 2. The highest BCUT2D eigenvalue weighted by Crippen LogP contribution is 2.27. The molecule has 0 amide bonds. The van der Waals surface area contributed by atoms with Gasteiger partial charge in [-0.05, 0) is 35.8 Å². The first-order valence-electron chi connectivity index (χ1n) is 7.21. The third kappa shape index (κ3) is 2.82. The summed E-state index contributed by atoms with van der Waals surface area (Å²) in [6, 6.07) is 17.0. The Morgan fingerprint density at radius 2 is 1.81 bits per heavy atom. The Hall–Kier alpha value is -2.54. The van der Waals surface area contributed by atoms with Crippen LogP contribution in [0.15, 0.2) is 72.8 Å². The molecule has 2 aromatic rings. The molecule has 0 aliphatic carbocycles. The quantitative estimate of drug-likeness (QED) is 0.839. The fourth-order valence-corrected chi connectivity index (χ4v) is 2.54. The van der Waals surface area contributed by atoms with Crippen molar-refractivity contribution in [3.63, 3.8) is 0 Å². The van der Waals surface area contributed by atoms with E-state index in [1.807, 2.05) is 12.1 Å². The van der Waals surface area contributed by atoms with Crippen LogP contribution in [-0.2, 0) is 0 Å². The number of nitrogens with one attached hydrogen (secondary N) is 1. The van der Waals surface area contributed by atoms with Gasteiger partial charge in [-0.25, -0.2) is 0 Å². The summed E-state index contributed by atoms with van der Waals surface area (Å²) in [7, 11) is 0. The lowest BCUT2D eigenvalue weighted by atomic mass is 9.96. The summed E-state index contributed by atoms with van der Waals surface area (Å²) in [5.74, 6) is 0. The van der Waals surface area contributed by atoms with E-state index >= 15 is 0 Å². The molecule has 1 heteroatoms. The Balaban J connectivity index is 2.08. The normalized spacial score (nSPS) is 14.0. The number of rotatable bonds is 3. The lowest BCUT2D eigenvalue weighted by Gasteiger charge is -2.18. The smallest absolute Gasteiger partial charge is 0.0422 e. The fourth-order valence-electron chi connectivity index (χ4n) is 2.54. The number of hydrogen-bond acceptors (Lipinski definition) is 1. The van der Waals surface area contributed by atoms with Crippen molar-refractivity contribution in [1.29, 1.82) is 0 Å². The van der Waals surface area contributed by atoms with Crippen LogP contribution in [0.3, 0.4) is 0 Å². The molecule has 0 radical (unpaired) electrons. The maximum absolute atomic E-state index is 3.93. The average molecular weight is 273 g/mol. The van der Waals surface area contributed by atoms with Gasteiger partial charge >= 0.3 is 0 Å². The van der Waals surface area contributed by atoms with Gasteiger partial charge in [0.1, 0.15) is 0 Å². The van der Waals surface area contributed by atoms with Crippen LogP contribution in [0.4, 0.5) is 0 Å². The number of benzene rings is 2. The van der Waals surface area contributed by atoms with Gasteiger partial charge in [-0.2, -0.15) is 0 Å². The van der Waals surface area contributed by atoms with Gasteiger partial charge in [0.25, 0.3) is 0 Å². The van der Waals surface area contributed by atoms with Crippen molar-refractivity contribution in [2.45, 2.75) is 6.92 Å². The molecule has 1 heterocycles. The summed E-state index contributed by atoms with van der Waals surface area (Å²) in [6.45, 7) is 6.97. The Labute approximate surface area is 126 Å². The van der Waals surface area contributed by atoms with Crippen LogP contribution in [0, 0.1) is 0 Å². The second kappa shape index (κ2) is 5.84. The van der Waals surface area contributed by atoms with E-state index in [0.29, 0.717) is 0 Å². The van der Waals surface area contributed by atoms with E-state index in [9.17, 15) is 0 Å². The van der Waals surface area contributed by atoms with Gasteiger partial charge in [-0.15, -0.1) is 0 Å². The van der Waals surface area contributed by atoms with E-state index in [1.165, 1.54) is 22.3 Å². The molecule has 1 nitrogen and oxygen atoms in total. The molecule has 21 heavy (non-hydrogen) atoms. The molecular formula is C20H19N. The maximum Gasteiger partial charge on any atom is 0.0422 e. The van der Waals surface area contributed by atoms with Gasteiger partial charge in [0.15, 0.2) is 0 Å². The zero-order chi connectivity index (χ0) is 14.7. The minimum Gasteiger partial charge on any atom is -0.381 e. The molecule has 0 bridgehead atoms. The van der Waals surface area contributed by atoms with Crippen LogP contribution in [-0.4, -0.2) is 6.54 Å². The Bertz CT molecular complexity index is 721. The molecule has 1 aliphatic rings. The predicted octanol–water partition coefficient (Wildman–Crippen LogP) is 4.89. The summed E-state index contributed by atoms with van der Waals surface area (Å²) in [5, 5.41) is 3.48. The highest BCUT2D eigenvalue weighted by Gasteiger charge is 2.10. The van der Waals surface area contributed by atoms with E-state index in [4.69, 9.17) is 0 Å². The molecule has 2 aromatic carbocycles. The molecule has 1 N–H and O–H groups in total. The van der Waals surface area contributed by atoms with E-state index in [-0.39, 0.29) is 0 Å². The Morgan fingerprint density at radius 1 is 1.00 bits per heavy atom. The summed E-state index contributed by atoms with van der Waals surface area (Å²) in [4.78, 5) is 0. The highest BCUT2D eigenvalue weighted by molar-refractivity contribution is 5.79. The molecular weight excluding hydrogens is 254 g/mol. The minimum absolute atomic E-state index is 0.901. The number of hydrogen-bond donors (Lipinski definition) is 1. The zero-order valence-electron chi connectivity index (χ0n) is 12.3. The lowest BCUT2D eigenvalue weighted by molar-refractivity contribution is 0.941. The van der Waals surface area contributed by atoms with E-state index in [2.05, 4.69) is 73.4 Å². The first kappa shape index (κ1) is 13.4. The van der Waals surface area contributed by atoms with Gasteiger partial charge < -0.3 is 5.32 Å². The zero-order valence-corrected chi connectivity index (χ0v) is 12.3. The third-order valence-electron chi connectivity index (χ3n) is 3.76. The van der Waals surface area contributed by atoms with E-state index in [0.717, 1.165) is 17.8 Å². The standard InChI is InChI=1S/C20H19N/c1-3-16-10-11-18(17-7-5-4-6-8-17)13-19(16)20-12-9-15(2)14-21-20/h3-13,21H,1,14H2,2H3. The van der Waals surface area contributed by atoms with Crippen LogP contribution in [0.1, 0.15) is 18.1 Å². The van der Waals surface area contributed by atoms with Crippen molar-refractivity contribution in [2.24, 2.45) is 0 Å². The first-order valence-corrected chi connectivity index (χ1v) is 7.21. The molecule has 0 fully saturated rings. The first-order chi connectivity index (χ1) is 10.3. The summed E-state index contributed by atoms with van der Waals surface area (Å²) >= 11 is 0. The van der Waals surface area contributed by atoms with E-state index in [1.54, 1.807) is 0 Å². The van der Waals surface area contributed by atoms with E-state index < -0.39 is 0 Å². The minimum atomic E-state index is 0.901. The van der Waals surface area contributed by atoms with Gasteiger partial charge in [0, 0.05) is 17.8 Å². The average Bonchev–Trinajstić information content (AvgIpc) is 2.56. The monoisotopic (exact) mass is 273 g/mol. The SMILES string of the molecule is C=Cc1ccc(-c2ccccc2)cc1C1=CC=C(C)CN1. The van der Waals surface area contributed by atoms with Crippen molar-refractivity contribution in [3.8, 4) is 11.1 Å². The molecule has 0 spiro atoms. The van der Waals surface area contributed by atoms with Crippen LogP contribution in [0.2, 0.25) is 0 Å². The van der Waals surface area contributed by atoms with Gasteiger partial charge in [0.05, 0.1) is 0 Å². The lowest BCUT2D eigenvalue weighted by Crippen LogP contribution is -2.18. The largest absolute Gasteiger partial charge is 0.381 e. The van der Waals surface area contributed by atoms with Crippen molar-refractivity contribution in [2.75, 3.05) is 6.54 Å². The Kier molecular flexibility index (Phi) is 3.74. The second-order valence-corrected chi connectivity index (χ2v) is 5.32. The molecule has 0 atom stereocenters. The van der Waals surface area contributed by atoms with Crippen LogP contribution in [0.5, 0.6) is 0 Å². The molecule has 1 aliphatic heterocycles. The molecule has 0 saturated heterocycles. The van der Waals surface area contributed by atoms with Crippen LogP contribution >= 0.6 is 0 Å². The van der Waals surface area contributed by atoms with Crippen molar-refractivity contribution in [1.82, 2.24) is 5.32 Å². The number of dihydropyridines is 1. The van der Waals surface area contributed by atoms with Gasteiger partial charge in [-0.3, -0.25) is 0 Å². The molecule has 0 unspecified atom stereocenters. The van der Waals surface area contributed by atoms with Crippen molar-refractivity contribution in [3.05, 3.63) is 84.0 Å². The molecule has 0 aromatic heterocycles. The molecule has 0 saturated carbocycles. The second-order valence-electron chi connectivity index (χ2n) is 5.32. The van der Waals surface area contributed by atoms with Gasteiger partial charge in [0.2, 0.25) is 0 Å². The summed E-state index contributed by atoms with van der Waals surface area (Å²) in [6.07, 6.45) is 6.24. The highest BCUT2D eigenvalue weighted by atomic mass is 14.9. The summed E-state index contributed by atoms with van der Waals surface area (Å²) < 4.78 is 0. The molecule has 3 rings (SSSR count).